The van der Waals surface area contributed by atoms with Gasteiger partial charge in [0.15, 0.2) is 0 Å². The van der Waals surface area contributed by atoms with Crippen molar-refractivity contribution in [2.24, 2.45) is 0 Å². The minimum Gasteiger partial charge on any atom is -0.490 e. The topological polar surface area (TPSA) is 88.8 Å². The van der Waals surface area contributed by atoms with Gasteiger partial charge in [0, 0.05) is 38.9 Å². The second-order valence-corrected chi connectivity index (χ2v) is 5.33. The van der Waals surface area contributed by atoms with Gasteiger partial charge in [-0.2, -0.15) is 0 Å². The van der Waals surface area contributed by atoms with E-state index >= 15 is 0 Å². The third-order valence-electron chi connectivity index (χ3n) is 3.45. The highest BCUT2D eigenvalue weighted by molar-refractivity contribution is 5.83. The van der Waals surface area contributed by atoms with Crippen molar-refractivity contribution in [3.8, 4) is 5.75 Å². The van der Waals surface area contributed by atoms with E-state index in [1.807, 2.05) is 0 Å². The van der Waals surface area contributed by atoms with Gasteiger partial charge in [-0.1, -0.05) is 0 Å². The molecule has 0 bridgehead atoms. The molecule has 1 saturated heterocycles. The van der Waals surface area contributed by atoms with E-state index in [0.717, 1.165) is 0 Å². The SMILES string of the molecule is CC(=O)NCC(=O)N1CCC(Oc2cc(C)oc(=O)c2)CC1. The minimum atomic E-state index is -0.432. The summed E-state index contributed by atoms with van der Waals surface area (Å²) in [7, 11) is 0. The average molecular weight is 308 g/mol. The van der Waals surface area contributed by atoms with Crippen molar-refractivity contribution in [1.29, 1.82) is 0 Å². The van der Waals surface area contributed by atoms with E-state index in [1.165, 1.54) is 13.0 Å². The molecule has 7 heteroatoms. The van der Waals surface area contributed by atoms with E-state index in [9.17, 15) is 14.4 Å². The van der Waals surface area contributed by atoms with Crippen LogP contribution in [0.3, 0.4) is 0 Å². The monoisotopic (exact) mass is 308 g/mol. The maximum Gasteiger partial charge on any atom is 0.339 e. The van der Waals surface area contributed by atoms with Crippen molar-refractivity contribution in [3.05, 3.63) is 28.3 Å². The molecule has 1 aliphatic rings. The molecule has 1 aromatic rings. The van der Waals surface area contributed by atoms with Gasteiger partial charge in [0.05, 0.1) is 12.6 Å². The molecule has 1 N–H and O–H groups in total. The summed E-state index contributed by atoms with van der Waals surface area (Å²) in [4.78, 5) is 35.7. The summed E-state index contributed by atoms with van der Waals surface area (Å²) in [6.07, 6.45) is 1.34. The number of piperidine rings is 1. The lowest BCUT2D eigenvalue weighted by Crippen LogP contribution is -2.45. The van der Waals surface area contributed by atoms with Gasteiger partial charge in [-0.05, 0) is 6.92 Å². The van der Waals surface area contributed by atoms with Crippen LogP contribution in [0.2, 0.25) is 0 Å². The van der Waals surface area contributed by atoms with E-state index < -0.39 is 5.63 Å². The van der Waals surface area contributed by atoms with Crippen molar-refractivity contribution in [2.45, 2.75) is 32.8 Å². The molecule has 0 spiro atoms. The largest absolute Gasteiger partial charge is 0.490 e. The van der Waals surface area contributed by atoms with Crippen molar-refractivity contribution in [3.63, 3.8) is 0 Å². The minimum absolute atomic E-state index is 0.0276. The lowest BCUT2D eigenvalue weighted by Gasteiger charge is -2.32. The fraction of sp³-hybridized carbons (Fsp3) is 0.533. The Bertz CT molecular complexity index is 602. The van der Waals surface area contributed by atoms with Gasteiger partial charge in [0.2, 0.25) is 11.8 Å². The van der Waals surface area contributed by atoms with Crippen molar-refractivity contribution < 1.29 is 18.7 Å². The zero-order valence-electron chi connectivity index (χ0n) is 12.8. The summed E-state index contributed by atoms with van der Waals surface area (Å²) in [6.45, 7) is 4.25. The first kappa shape index (κ1) is 16.1. The number of aryl methyl sites for hydroxylation is 1. The maximum absolute atomic E-state index is 11.9. The zero-order valence-corrected chi connectivity index (χ0v) is 12.8. The number of carbonyl (C=O) groups excluding carboxylic acids is 2. The Balaban J connectivity index is 1.83. The second kappa shape index (κ2) is 7.11. The number of rotatable bonds is 4. The molecule has 2 amide bonds. The molecule has 0 unspecified atom stereocenters. The first-order chi connectivity index (χ1) is 10.4. The first-order valence-corrected chi connectivity index (χ1v) is 7.24. The number of carbonyl (C=O) groups is 2. The smallest absolute Gasteiger partial charge is 0.339 e. The highest BCUT2D eigenvalue weighted by Gasteiger charge is 2.24. The molecule has 1 aromatic heterocycles. The Morgan fingerprint density at radius 2 is 2.05 bits per heavy atom. The Labute approximate surface area is 128 Å². The van der Waals surface area contributed by atoms with E-state index in [1.54, 1.807) is 17.9 Å². The van der Waals surface area contributed by atoms with Crippen molar-refractivity contribution in [1.82, 2.24) is 10.2 Å². The van der Waals surface area contributed by atoms with E-state index in [0.29, 0.717) is 37.4 Å². The number of hydrogen-bond acceptors (Lipinski definition) is 5. The lowest BCUT2D eigenvalue weighted by atomic mass is 10.1. The lowest BCUT2D eigenvalue weighted by molar-refractivity contribution is -0.134. The van der Waals surface area contributed by atoms with E-state index in [2.05, 4.69) is 5.32 Å². The summed E-state index contributed by atoms with van der Waals surface area (Å²) < 4.78 is 10.7. The van der Waals surface area contributed by atoms with Gasteiger partial charge < -0.3 is 19.4 Å². The number of nitrogens with zero attached hydrogens (tertiary/aromatic N) is 1. The van der Waals surface area contributed by atoms with E-state index in [-0.39, 0.29) is 24.5 Å². The normalized spacial score (nSPS) is 15.5. The Morgan fingerprint density at radius 3 is 2.64 bits per heavy atom. The Kier molecular flexibility index (Phi) is 5.19. The van der Waals surface area contributed by atoms with Gasteiger partial charge in [-0.25, -0.2) is 4.79 Å². The highest BCUT2D eigenvalue weighted by atomic mass is 16.5. The number of likely N-dealkylation sites (tertiary alicyclic amines) is 1. The fourth-order valence-corrected chi connectivity index (χ4v) is 2.37. The van der Waals surface area contributed by atoms with Crippen molar-refractivity contribution in [2.75, 3.05) is 19.6 Å². The molecule has 0 saturated carbocycles. The van der Waals surface area contributed by atoms with Gasteiger partial charge >= 0.3 is 5.63 Å². The van der Waals surface area contributed by atoms with Crippen LogP contribution in [0.5, 0.6) is 5.75 Å². The molecular formula is C15H20N2O5. The van der Waals surface area contributed by atoms with Gasteiger partial charge in [-0.15, -0.1) is 0 Å². The molecule has 0 aromatic carbocycles. The van der Waals surface area contributed by atoms with Gasteiger partial charge in [0.25, 0.3) is 0 Å². The predicted molar refractivity (Wildman–Crippen MR) is 78.6 cm³/mol. The van der Waals surface area contributed by atoms with E-state index in [4.69, 9.17) is 9.15 Å². The number of hydrogen-bond donors (Lipinski definition) is 1. The van der Waals surface area contributed by atoms with Crippen LogP contribution < -0.4 is 15.7 Å². The van der Waals surface area contributed by atoms with Crippen LogP contribution in [0.4, 0.5) is 0 Å². The average Bonchev–Trinajstić information content (AvgIpc) is 2.44. The molecule has 120 valence electrons. The summed E-state index contributed by atoms with van der Waals surface area (Å²) >= 11 is 0. The molecule has 1 fully saturated rings. The summed E-state index contributed by atoms with van der Waals surface area (Å²) in [5.41, 5.74) is -0.432. The third-order valence-corrected chi connectivity index (χ3v) is 3.45. The molecule has 0 radical (unpaired) electrons. The number of nitrogens with one attached hydrogen (secondary N) is 1. The van der Waals surface area contributed by atoms with Gasteiger partial charge in [0.1, 0.15) is 17.6 Å². The molecule has 2 heterocycles. The van der Waals surface area contributed by atoms with Crippen LogP contribution in [0, 0.1) is 6.92 Å². The highest BCUT2D eigenvalue weighted by Crippen LogP contribution is 2.18. The zero-order chi connectivity index (χ0) is 16.1. The molecule has 7 nitrogen and oxygen atoms in total. The fourth-order valence-electron chi connectivity index (χ4n) is 2.37. The molecule has 22 heavy (non-hydrogen) atoms. The van der Waals surface area contributed by atoms with Gasteiger partial charge in [-0.3, -0.25) is 9.59 Å². The van der Waals surface area contributed by atoms with Crippen LogP contribution in [0.15, 0.2) is 21.3 Å². The maximum atomic E-state index is 11.9. The summed E-state index contributed by atoms with van der Waals surface area (Å²) in [6, 6.07) is 3.00. The number of ether oxygens (including phenoxy) is 1. The molecular weight excluding hydrogens is 288 g/mol. The quantitative estimate of drug-likeness (QED) is 0.872. The first-order valence-electron chi connectivity index (χ1n) is 7.24. The summed E-state index contributed by atoms with van der Waals surface area (Å²) in [5.74, 6) is 0.692. The van der Waals surface area contributed by atoms with Crippen LogP contribution in [-0.4, -0.2) is 42.5 Å². The Hall–Kier alpha value is -2.31. The number of amides is 2. The molecule has 2 rings (SSSR count). The van der Waals surface area contributed by atoms with Crippen LogP contribution in [0.25, 0.3) is 0 Å². The second-order valence-electron chi connectivity index (χ2n) is 5.33. The Morgan fingerprint density at radius 1 is 1.36 bits per heavy atom. The molecule has 0 atom stereocenters. The standard InChI is InChI=1S/C15H20N2O5/c1-10-7-13(8-15(20)21-10)22-12-3-5-17(6-4-12)14(19)9-16-11(2)18/h7-8,12H,3-6,9H2,1-2H3,(H,16,18). The summed E-state index contributed by atoms with van der Waals surface area (Å²) in [5, 5.41) is 2.50. The van der Waals surface area contributed by atoms with Crippen LogP contribution in [0.1, 0.15) is 25.5 Å². The third kappa shape index (κ3) is 4.61. The van der Waals surface area contributed by atoms with Crippen LogP contribution in [-0.2, 0) is 9.59 Å². The molecule has 1 aliphatic heterocycles. The predicted octanol–water partition coefficient (Wildman–Crippen LogP) is 0.454. The van der Waals surface area contributed by atoms with Crippen molar-refractivity contribution >= 4 is 11.8 Å². The molecule has 0 aliphatic carbocycles. The van der Waals surface area contributed by atoms with Crippen LogP contribution >= 0.6 is 0 Å².